The largest absolute Gasteiger partial charge is 0.466 e. The zero-order valence-corrected chi connectivity index (χ0v) is 25.2. The highest BCUT2D eigenvalue weighted by Crippen LogP contribution is 2.61. The van der Waals surface area contributed by atoms with Crippen molar-refractivity contribution in [2.45, 2.75) is 50.7 Å². The Balaban J connectivity index is 1.29. The Bertz CT molecular complexity index is 1680. The van der Waals surface area contributed by atoms with E-state index in [-0.39, 0.29) is 42.3 Å². The molecule has 2 aromatic heterocycles. The van der Waals surface area contributed by atoms with Crippen LogP contribution in [0.15, 0.2) is 64.0 Å². The van der Waals surface area contributed by atoms with Gasteiger partial charge in [0.1, 0.15) is 23.9 Å². The number of hydrogen-bond donors (Lipinski definition) is 3. The van der Waals surface area contributed by atoms with Crippen LogP contribution >= 0.6 is 0 Å². The van der Waals surface area contributed by atoms with E-state index in [0.29, 0.717) is 17.4 Å². The van der Waals surface area contributed by atoms with Gasteiger partial charge in [-0.25, -0.2) is 4.79 Å². The first-order valence-electron chi connectivity index (χ1n) is 14.6. The highest BCUT2D eigenvalue weighted by atomic mass is 16.5. The van der Waals surface area contributed by atoms with Gasteiger partial charge in [-0.3, -0.25) is 19.2 Å². The van der Waals surface area contributed by atoms with Gasteiger partial charge in [0.2, 0.25) is 11.8 Å². The maximum absolute atomic E-state index is 13.4. The predicted molar refractivity (Wildman–Crippen MR) is 164 cm³/mol. The van der Waals surface area contributed by atoms with Crippen LogP contribution in [-0.2, 0) is 25.7 Å². The lowest BCUT2D eigenvalue weighted by atomic mass is 9.43. The average Bonchev–Trinajstić information content (AvgIpc) is 3.42. The number of amides is 3. The highest BCUT2D eigenvalue weighted by molar-refractivity contribution is 6.01. The molecular weight excluding hydrogens is 566 g/mol. The molecule has 2 bridgehead atoms. The lowest BCUT2D eigenvalue weighted by Crippen LogP contribution is -2.74. The number of carbonyl (C=O) groups is 4. The summed E-state index contributed by atoms with van der Waals surface area (Å²) in [5.74, 6) is -0.932. The molecule has 0 spiro atoms. The van der Waals surface area contributed by atoms with Gasteiger partial charge in [-0.1, -0.05) is 13.0 Å². The van der Waals surface area contributed by atoms with E-state index in [1.54, 1.807) is 12.1 Å². The van der Waals surface area contributed by atoms with Crippen molar-refractivity contribution in [1.82, 2.24) is 15.2 Å². The molecule has 3 amide bonds. The zero-order chi connectivity index (χ0) is 31.6. The van der Waals surface area contributed by atoms with Crippen LogP contribution < -0.4 is 26.4 Å². The van der Waals surface area contributed by atoms with E-state index in [2.05, 4.69) is 27.6 Å². The lowest BCUT2D eigenvalue weighted by Gasteiger charge is -2.67. The first-order valence-corrected chi connectivity index (χ1v) is 14.6. The Morgan fingerprint density at radius 3 is 2.61 bits per heavy atom. The minimum atomic E-state index is -1.09. The predicted octanol–water partition coefficient (Wildman–Crippen LogP) is 2.82. The third-order valence-electron chi connectivity index (χ3n) is 8.75. The van der Waals surface area contributed by atoms with Crippen molar-refractivity contribution in [3.8, 4) is 0 Å². The maximum Gasteiger partial charge on any atom is 0.330 e. The van der Waals surface area contributed by atoms with Crippen LogP contribution in [0.25, 0.3) is 11.0 Å². The summed E-state index contributed by atoms with van der Waals surface area (Å²) in [5, 5.41) is 9.09. The number of pyridine rings is 1. The smallest absolute Gasteiger partial charge is 0.330 e. The zero-order valence-electron chi connectivity index (χ0n) is 25.2. The number of hydrogen-bond acceptors (Lipinski definition) is 8. The Kier molecular flexibility index (Phi) is 8.61. The fourth-order valence-electron chi connectivity index (χ4n) is 5.81. The molecule has 3 N–H and O–H groups in total. The molecule has 2 heterocycles. The molecule has 12 nitrogen and oxygen atoms in total. The van der Waals surface area contributed by atoms with Gasteiger partial charge in [0.05, 0.1) is 7.11 Å². The number of rotatable bonds is 12. The summed E-state index contributed by atoms with van der Waals surface area (Å²) in [4.78, 5) is 65.9. The van der Waals surface area contributed by atoms with Gasteiger partial charge in [-0.05, 0) is 67.9 Å². The minimum Gasteiger partial charge on any atom is -0.466 e. The summed E-state index contributed by atoms with van der Waals surface area (Å²) in [7, 11) is 5.04. The number of anilines is 2. The minimum absolute atomic E-state index is 0.0184. The topological polar surface area (TPSA) is 152 Å². The lowest BCUT2D eigenvalue weighted by molar-refractivity contribution is -0.151. The van der Waals surface area contributed by atoms with Crippen LogP contribution in [0.5, 0.6) is 0 Å². The number of ether oxygens (including phenoxy) is 1. The van der Waals surface area contributed by atoms with E-state index < -0.39 is 29.4 Å². The number of nitrogens with zero attached hydrogens (tertiary/aromatic N) is 2. The maximum atomic E-state index is 13.4. The van der Waals surface area contributed by atoms with Gasteiger partial charge in [-0.15, -0.1) is 0 Å². The van der Waals surface area contributed by atoms with Gasteiger partial charge in [0, 0.05) is 49.0 Å². The molecule has 12 heteroatoms. The molecule has 6 rings (SSSR count). The van der Waals surface area contributed by atoms with Crippen molar-refractivity contribution >= 4 is 46.0 Å². The van der Waals surface area contributed by atoms with E-state index in [1.807, 2.05) is 37.2 Å². The highest BCUT2D eigenvalue weighted by Gasteiger charge is 2.63. The van der Waals surface area contributed by atoms with Crippen molar-refractivity contribution in [3.05, 3.63) is 70.9 Å². The molecular formula is C32H37N5O7. The fourth-order valence-corrected chi connectivity index (χ4v) is 5.81. The van der Waals surface area contributed by atoms with E-state index in [0.717, 1.165) is 23.9 Å². The van der Waals surface area contributed by atoms with Gasteiger partial charge in [-0.2, -0.15) is 0 Å². The standard InChI is InChI=1S/C32H37N5O7/c1-19-21-16-32(19,17-21)35-27(38)18-37-13-7-9-24(31(37)42)34-29(40)23(8-5-6-10-28(39)43-4)33-30(41)26-14-20-11-12-22(36(2)3)15-25(20)44-26/h6-7,9-15,19,21,23H,5,8,16-18H2,1-4H3,(H,33,41)(H,34,40)(H,35,38)/b10-6+/t19-,21?,23-,32?/m0/s1. The van der Waals surface area contributed by atoms with Gasteiger partial charge < -0.3 is 34.6 Å². The van der Waals surface area contributed by atoms with Crippen molar-refractivity contribution in [2.24, 2.45) is 11.8 Å². The van der Waals surface area contributed by atoms with E-state index in [4.69, 9.17) is 4.42 Å². The molecule has 1 aromatic carbocycles. The van der Waals surface area contributed by atoms with Gasteiger partial charge in [0.15, 0.2) is 5.76 Å². The summed E-state index contributed by atoms with van der Waals surface area (Å²) < 4.78 is 11.6. The monoisotopic (exact) mass is 603 g/mol. The van der Waals surface area contributed by atoms with Crippen LogP contribution in [0.2, 0.25) is 0 Å². The van der Waals surface area contributed by atoms with E-state index in [1.165, 1.54) is 36.1 Å². The number of carbonyl (C=O) groups excluding carboxylic acids is 4. The Hall–Kier alpha value is -4.87. The molecule has 44 heavy (non-hydrogen) atoms. The number of furan rings is 1. The third-order valence-corrected chi connectivity index (χ3v) is 8.75. The summed E-state index contributed by atoms with van der Waals surface area (Å²) in [6.07, 6.45) is 6.55. The average molecular weight is 604 g/mol. The molecule has 3 aliphatic carbocycles. The number of fused-ring (bicyclic) bond motifs is 1. The van der Waals surface area contributed by atoms with Crippen LogP contribution in [-0.4, -0.2) is 61.0 Å². The number of benzene rings is 1. The van der Waals surface area contributed by atoms with Crippen LogP contribution in [0, 0.1) is 11.8 Å². The third kappa shape index (κ3) is 6.24. The Labute approximate surface area is 254 Å². The normalized spacial score (nSPS) is 20.7. The Morgan fingerprint density at radius 2 is 1.95 bits per heavy atom. The summed E-state index contributed by atoms with van der Waals surface area (Å²) >= 11 is 0. The number of aromatic nitrogens is 1. The van der Waals surface area contributed by atoms with Crippen LogP contribution in [0.3, 0.4) is 0 Å². The van der Waals surface area contributed by atoms with Crippen molar-refractivity contribution in [3.63, 3.8) is 0 Å². The quantitative estimate of drug-likeness (QED) is 0.211. The summed E-state index contributed by atoms with van der Waals surface area (Å²) in [6.45, 7) is 1.94. The molecule has 3 fully saturated rings. The molecule has 3 saturated carbocycles. The van der Waals surface area contributed by atoms with Gasteiger partial charge >= 0.3 is 5.97 Å². The van der Waals surface area contributed by atoms with Gasteiger partial charge in [0.25, 0.3) is 11.5 Å². The molecule has 0 saturated heterocycles. The summed E-state index contributed by atoms with van der Waals surface area (Å²) in [5.41, 5.74) is 0.674. The fraction of sp³-hybridized carbons (Fsp3) is 0.406. The molecule has 3 aliphatic rings. The molecule has 0 unspecified atom stereocenters. The number of allylic oxidation sites excluding steroid dienone is 1. The number of methoxy groups -OCH3 is 1. The van der Waals surface area contributed by atoms with Crippen molar-refractivity contribution in [2.75, 3.05) is 31.4 Å². The molecule has 3 aromatic rings. The second-order valence-corrected chi connectivity index (χ2v) is 11.8. The molecule has 2 atom stereocenters. The SMILES string of the molecule is COC(=O)/C=C/CC[C@H](NC(=O)c1cc2ccc(N(C)C)cc2o1)C(=O)Nc1cccn(CC(=O)NC23CC(C2)[C@@H]3C)c1=O. The second-order valence-electron chi connectivity index (χ2n) is 11.8. The first kappa shape index (κ1) is 30.6. The molecule has 0 radical (unpaired) electrons. The second kappa shape index (κ2) is 12.4. The molecule has 232 valence electrons. The van der Waals surface area contributed by atoms with E-state index in [9.17, 15) is 24.0 Å². The summed E-state index contributed by atoms with van der Waals surface area (Å²) in [6, 6.07) is 9.05. The Morgan fingerprint density at radius 1 is 1.18 bits per heavy atom. The van der Waals surface area contributed by atoms with Crippen LogP contribution in [0.4, 0.5) is 11.4 Å². The first-order chi connectivity index (χ1) is 21.0. The van der Waals surface area contributed by atoms with Crippen molar-refractivity contribution in [1.29, 1.82) is 0 Å². The molecule has 0 aliphatic heterocycles. The number of esters is 1. The van der Waals surface area contributed by atoms with Crippen LogP contribution in [0.1, 0.15) is 43.2 Å². The number of nitrogens with one attached hydrogen (secondary N) is 3. The van der Waals surface area contributed by atoms with E-state index >= 15 is 0 Å². The van der Waals surface area contributed by atoms with Crippen molar-refractivity contribution < 1.29 is 28.3 Å².